The lowest BCUT2D eigenvalue weighted by Gasteiger charge is -2.13. The Morgan fingerprint density at radius 2 is 1.50 bits per heavy atom. The molecule has 8 aromatic rings. The topological polar surface area (TPSA) is 87.6 Å². The predicted molar refractivity (Wildman–Crippen MR) is 187 cm³/mol. The van der Waals surface area contributed by atoms with Gasteiger partial charge in [0.2, 0.25) is 0 Å². The van der Waals surface area contributed by atoms with Crippen LogP contribution >= 0.6 is 34.4 Å². The summed E-state index contributed by atoms with van der Waals surface area (Å²) in [6.07, 6.45) is 0. The van der Waals surface area contributed by atoms with Crippen molar-refractivity contribution in [2.75, 3.05) is 0 Å². The minimum atomic E-state index is -0.323. The molecule has 11 heteroatoms. The van der Waals surface area contributed by atoms with Crippen LogP contribution < -0.4 is 11.1 Å². The lowest BCUT2D eigenvalue weighted by atomic mass is 10.1. The van der Waals surface area contributed by atoms with Crippen molar-refractivity contribution in [3.05, 3.63) is 134 Å². The first-order chi connectivity index (χ1) is 22.5. The zero-order valence-corrected chi connectivity index (χ0v) is 27.1. The van der Waals surface area contributed by atoms with Crippen LogP contribution in [0, 0.1) is 6.92 Å². The minimum absolute atomic E-state index is 0.245. The summed E-state index contributed by atoms with van der Waals surface area (Å²) in [5.41, 5.74) is 3.51. The number of benzene rings is 3. The molecule has 0 radical (unpaired) electrons. The van der Waals surface area contributed by atoms with E-state index in [2.05, 4.69) is 17.5 Å². The van der Waals surface area contributed by atoms with Gasteiger partial charge in [-0.3, -0.25) is 14.3 Å². The summed E-state index contributed by atoms with van der Waals surface area (Å²) in [4.78, 5) is 45.4. The normalized spacial score (nSPS) is 11.5. The highest BCUT2D eigenvalue weighted by Gasteiger charge is 2.26. The van der Waals surface area contributed by atoms with E-state index in [0.717, 1.165) is 26.2 Å². The van der Waals surface area contributed by atoms with Crippen molar-refractivity contribution in [1.29, 1.82) is 0 Å². The number of aromatic nitrogens is 6. The third kappa shape index (κ3) is 4.63. The second-order valence-corrected chi connectivity index (χ2v) is 13.4. The maximum Gasteiger partial charge on any atom is 0.296 e. The van der Waals surface area contributed by atoms with E-state index in [9.17, 15) is 9.59 Å². The fourth-order valence-corrected chi connectivity index (χ4v) is 8.30. The highest BCUT2D eigenvalue weighted by molar-refractivity contribution is 7.99. The lowest BCUT2D eigenvalue weighted by Crippen LogP contribution is -2.28. The van der Waals surface area contributed by atoms with E-state index in [-0.39, 0.29) is 16.8 Å². The van der Waals surface area contributed by atoms with Gasteiger partial charge in [-0.25, -0.2) is 24.2 Å². The van der Waals surface area contributed by atoms with E-state index in [4.69, 9.17) is 15.0 Å². The zero-order valence-electron chi connectivity index (χ0n) is 24.6. The van der Waals surface area contributed by atoms with Crippen molar-refractivity contribution in [2.24, 2.45) is 7.05 Å². The Morgan fingerprint density at radius 3 is 2.26 bits per heavy atom. The second kappa shape index (κ2) is 11.4. The molecule has 5 aromatic heterocycles. The maximum atomic E-state index is 14.4. The summed E-state index contributed by atoms with van der Waals surface area (Å²) in [5, 5.41) is 6.39. The van der Waals surface area contributed by atoms with E-state index in [1.807, 2.05) is 92.1 Å². The Bertz CT molecular complexity index is 2510. The van der Waals surface area contributed by atoms with Crippen LogP contribution in [-0.4, -0.2) is 28.9 Å². The Labute approximate surface area is 274 Å². The molecule has 224 valence electrons. The molecule has 8 nitrogen and oxygen atoms in total. The Morgan fingerprint density at radius 1 is 0.761 bits per heavy atom. The lowest BCUT2D eigenvalue weighted by molar-refractivity contribution is 0.630. The first kappa shape index (κ1) is 28.4. The zero-order chi connectivity index (χ0) is 31.4. The van der Waals surface area contributed by atoms with Gasteiger partial charge in [-0.2, -0.15) is 0 Å². The molecule has 3 aromatic carbocycles. The smallest absolute Gasteiger partial charge is 0.283 e. The molecule has 0 saturated heterocycles. The van der Waals surface area contributed by atoms with Gasteiger partial charge < -0.3 is 0 Å². The molecule has 0 unspecified atom stereocenters. The van der Waals surface area contributed by atoms with Crippen molar-refractivity contribution in [2.45, 2.75) is 17.1 Å². The van der Waals surface area contributed by atoms with Crippen LogP contribution in [0.1, 0.15) is 5.69 Å². The largest absolute Gasteiger partial charge is 0.296 e. The molecule has 5 heterocycles. The number of para-hydroxylation sites is 2. The van der Waals surface area contributed by atoms with Crippen LogP contribution in [0.5, 0.6) is 0 Å². The molecule has 0 spiro atoms. The Balaban J connectivity index is 1.41. The molecule has 0 aliphatic rings. The van der Waals surface area contributed by atoms with Crippen LogP contribution in [0.25, 0.3) is 54.3 Å². The molecule has 0 aliphatic carbocycles. The maximum absolute atomic E-state index is 14.4. The van der Waals surface area contributed by atoms with Gasteiger partial charge in [-0.05, 0) is 60.0 Å². The monoisotopic (exact) mass is 656 g/mol. The first-order valence-corrected chi connectivity index (χ1v) is 17.0. The van der Waals surface area contributed by atoms with Crippen molar-refractivity contribution in [3.8, 4) is 33.2 Å². The predicted octanol–water partition coefficient (Wildman–Crippen LogP) is 7.73. The minimum Gasteiger partial charge on any atom is -0.283 e. The van der Waals surface area contributed by atoms with Crippen LogP contribution in [-0.2, 0) is 7.05 Å². The van der Waals surface area contributed by atoms with Crippen molar-refractivity contribution < 1.29 is 0 Å². The molecule has 46 heavy (non-hydrogen) atoms. The third-order valence-electron chi connectivity index (χ3n) is 7.91. The fourth-order valence-electron chi connectivity index (χ4n) is 5.61. The summed E-state index contributed by atoms with van der Waals surface area (Å²) in [7, 11) is 1.82. The van der Waals surface area contributed by atoms with Crippen LogP contribution in [0.3, 0.4) is 0 Å². The molecule has 0 atom stereocenters. The van der Waals surface area contributed by atoms with Gasteiger partial charge in [0.05, 0.1) is 32.5 Å². The average molecular weight is 657 g/mol. The van der Waals surface area contributed by atoms with Gasteiger partial charge in [0, 0.05) is 18.0 Å². The number of hydrogen-bond donors (Lipinski definition) is 0. The molecule has 0 amide bonds. The summed E-state index contributed by atoms with van der Waals surface area (Å²) in [6, 6.07) is 30.7. The van der Waals surface area contributed by atoms with Crippen molar-refractivity contribution >= 4 is 55.6 Å². The molecule has 0 aliphatic heterocycles. The van der Waals surface area contributed by atoms with Crippen molar-refractivity contribution in [1.82, 2.24) is 28.9 Å². The van der Waals surface area contributed by atoms with E-state index in [1.165, 1.54) is 16.3 Å². The number of rotatable bonds is 6. The van der Waals surface area contributed by atoms with Crippen LogP contribution in [0.2, 0.25) is 0 Å². The highest BCUT2D eigenvalue weighted by atomic mass is 32.2. The number of fused-ring (bicyclic) bond motifs is 2. The molecule has 0 bridgehead atoms. The average Bonchev–Trinajstić information content (AvgIpc) is 3.82. The summed E-state index contributed by atoms with van der Waals surface area (Å²) in [6.45, 7) is 1.84. The third-order valence-corrected chi connectivity index (χ3v) is 10.6. The van der Waals surface area contributed by atoms with Gasteiger partial charge >= 0.3 is 0 Å². The van der Waals surface area contributed by atoms with Gasteiger partial charge in [-0.1, -0.05) is 66.7 Å². The number of hydrogen-bond acceptors (Lipinski definition) is 8. The van der Waals surface area contributed by atoms with E-state index in [0.29, 0.717) is 38.3 Å². The Hall–Kier alpha value is -5.10. The Kier molecular flexibility index (Phi) is 7.01. The molecule has 8 rings (SSSR count). The first-order valence-electron chi connectivity index (χ1n) is 14.4. The van der Waals surface area contributed by atoms with Gasteiger partial charge in [0.15, 0.2) is 11.0 Å². The van der Waals surface area contributed by atoms with Gasteiger partial charge in [0.1, 0.15) is 15.5 Å². The summed E-state index contributed by atoms with van der Waals surface area (Å²) < 4.78 is 4.80. The van der Waals surface area contributed by atoms with E-state index >= 15 is 0 Å². The molecular formula is C35H24N6O2S3. The van der Waals surface area contributed by atoms with E-state index in [1.54, 1.807) is 44.2 Å². The van der Waals surface area contributed by atoms with Crippen LogP contribution in [0.4, 0.5) is 0 Å². The fraction of sp³-hybridized carbons (Fsp3) is 0.0571. The summed E-state index contributed by atoms with van der Waals surface area (Å²) in [5.74, 6) is 0.600. The van der Waals surface area contributed by atoms with Gasteiger partial charge in [0.25, 0.3) is 11.1 Å². The number of nitrogens with zero attached hydrogens (tertiary/aromatic N) is 6. The quantitative estimate of drug-likeness (QED) is 0.134. The molecule has 0 saturated carbocycles. The van der Waals surface area contributed by atoms with Crippen LogP contribution in [0.15, 0.2) is 128 Å². The van der Waals surface area contributed by atoms with Crippen molar-refractivity contribution in [3.63, 3.8) is 0 Å². The van der Waals surface area contributed by atoms with E-state index < -0.39 is 0 Å². The van der Waals surface area contributed by atoms with Gasteiger partial charge in [-0.15, -0.1) is 22.7 Å². The number of thiophene rings is 2. The molecule has 0 fully saturated rings. The SMILES string of the molecule is Cc1c(-n2c(Sc3nc(-c4cccs4)nc4scc(-c5ccccc5)c34)nc3ccccc3c2=O)c(=O)n(-c2ccccc2)n1C. The summed E-state index contributed by atoms with van der Waals surface area (Å²) >= 11 is 4.39. The second-order valence-electron chi connectivity index (χ2n) is 10.6. The molecule has 0 N–H and O–H groups in total. The standard InChI is InChI=1S/C35H24N6O2S3/c1-21-29(34(43)41(39(21)2)23-14-7-4-8-15-23)40-33(42)24-16-9-10-17-26(24)36-35(40)46-32-28-25(22-12-5-3-6-13-22)20-45-31(28)37-30(38-32)27-18-11-19-44-27/h3-20H,1-2H3. The highest BCUT2D eigenvalue weighted by Crippen LogP contribution is 2.42. The molecular weight excluding hydrogens is 633 g/mol.